The zero-order chi connectivity index (χ0) is 10.6. The lowest BCUT2D eigenvalue weighted by Gasteiger charge is -2.14. The van der Waals surface area contributed by atoms with E-state index in [1.54, 1.807) is 6.20 Å². The zero-order valence-corrected chi connectivity index (χ0v) is 9.75. The fourth-order valence-corrected chi connectivity index (χ4v) is 1.42. The van der Waals surface area contributed by atoms with Crippen molar-refractivity contribution < 1.29 is 0 Å². The molecule has 0 spiro atoms. The maximum absolute atomic E-state index is 5.77. The number of hydrogen-bond acceptors (Lipinski definition) is 2. The van der Waals surface area contributed by atoms with Gasteiger partial charge in [-0.25, -0.2) is 0 Å². The Morgan fingerprint density at radius 1 is 1.50 bits per heavy atom. The fraction of sp³-hybridized carbons (Fsp3) is 0.700. The van der Waals surface area contributed by atoms with Crippen LogP contribution >= 0.6 is 11.6 Å². The summed E-state index contributed by atoms with van der Waals surface area (Å²) in [7, 11) is 0. The van der Waals surface area contributed by atoms with Crippen LogP contribution in [0.1, 0.15) is 20.8 Å². The number of halogens is 1. The van der Waals surface area contributed by atoms with E-state index in [2.05, 4.69) is 31.2 Å². The van der Waals surface area contributed by atoms with Gasteiger partial charge in [0.1, 0.15) is 0 Å². The molecule has 0 amide bonds. The molecule has 14 heavy (non-hydrogen) atoms. The largest absolute Gasteiger partial charge is 0.314 e. The molecule has 0 saturated heterocycles. The number of rotatable bonds is 5. The Balaban J connectivity index is 2.30. The van der Waals surface area contributed by atoms with Gasteiger partial charge in [-0.05, 0) is 12.5 Å². The van der Waals surface area contributed by atoms with Gasteiger partial charge in [0.05, 0.1) is 11.2 Å². The molecule has 1 aromatic rings. The van der Waals surface area contributed by atoms with Gasteiger partial charge in [0.2, 0.25) is 0 Å². The molecule has 80 valence electrons. The van der Waals surface area contributed by atoms with E-state index in [1.807, 2.05) is 10.9 Å². The van der Waals surface area contributed by atoms with Crippen molar-refractivity contribution in [2.75, 3.05) is 6.54 Å². The summed E-state index contributed by atoms with van der Waals surface area (Å²) in [5, 5.41) is 8.24. The molecule has 1 heterocycles. The van der Waals surface area contributed by atoms with E-state index in [-0.39, 0.29) is 0 Å². The Morgan fingerprint density at radius 2 is 2.21 bits per heavy atom. The Hall–Kier alpha value is -0.540. The summed E-state index contributed by atoms with van der Waals surface area (Å²) in [5.74, 6) is 0.563. The monoisotopic (exact) mass is 215 g/mol. The van der Waals surface area contributed by atoms with Crippen molar-refractivity contribution >= 4 is 11.6 Å². The quantitative estimate of drug-likeness (QED) is 0.816. The van der Waals surface area contributed by atoms with Gasteiger partial charge in [0, 0.05) is 18.8 Å². The molecular formula is C10H18ClN3. The smallest absolute Gasteiger partial charge is 0.0785 e. The Kier molecular flexibility index (Phi) is 4.42. The topological polar surface area (TPSA) is 29.9 Å². The average Bonchev–Trinajstić information content (AvgIpc) is 2.48. The highest BCUT2D eigenvalue weighted by Crippen LogP contribution is 2.06. The van der Waals surface area contributed by atoms with Gasteiger partial charge >= 0.3 is 0 Å². The standard InChI is InChI=1S/C10H18ClN3/c1-8(2)12-4-9(3)6-14-7-10(11)5-13-14/h5,7-9,12H,4,6H2,1-3H3. The van der Waals surface area contributed by atoms with Crippen LogP contribution in [0.5, 0.6) is 0 Å². The van der Waals surface area contributed by atoms with E-state index >= 15 is 0 Å². The molecule has 0 saturated carbocycles. The predicted molar refractivity (Wildman–Crippen MR) is 59.5 cm³/mol. The summed E-state index contributed by atoms with van der Waals surface area (Å²) in [6, 6.07) is 0.540. The minimum Gasteiger partial charge on any atom is -0.314 e. The van der Waals surface area contributed by atoms with Crippen molar-refractivity contribution in [2.45, 2.75) is 33.4 Å². The van der Waals surface area contributed by atoms with Crippen molar-refractivity contribution in [3.63, 3.8) is 0 Å². The van der Waals surface area contributed by atoms with Crippen molar-refractivity contribution in [3.05, 3.63) is 17.4 Å². The van der Waals surface area contributed by atoms with Gasteiger partial charge in [-0.2, -0.15) is 5.10 Å². The maximum Gasteiger partial charge on any atom is 0.0785 e. The maximum atomic E-state index is 5.77. The molecule has 0 fully saturated rings. The third-order valence-corrected chi connectivity index (χ3v) is 2.17. The van der Waals surface area contributed by atoms with Crippen LogP contribution in [0.4, 0.5) is 0 Å². The lowest BCUT2D eigenvalue weighted by Crippen LogP contribution is -2.29. The van der Waals surface area contributed by atoms with E-state index in [4.69, 9.17) is 11.6 Å². The van der Waals surface area contributed by atoms with Gasteiger partial charge in [0.15, 0.2) is 0 Å². The van der Waals surface area contributed by atoms with E-state index in [1.165, 1.54) is 0 Å². The Morgan fingerprint density at radius 3 is 2.71 bits per heavy atom. The number of nitrogens with one attached hydrogen (secondary N) is 1. The molecule has 1 rings (SSSR count). The summed E-state index contributed by atoms with van der Waals surface area (Å²) < 4.78 is 1.88. The summed E-state index contributed by atoms with van der Waals surface area (Å²) in [6.45, 7) is 8.42. The van der Waals surface area contributed by atoms with Gasteiger partial charge in [-0.15, -0.1) is 0 Å². The highest BCUT2D eigenvalue weighted by Gasteiger charge is 2.04. The highest BCUT2D eigenvalue weighted by atomic mass is 35.5. The lowest BCUT2D eigenvalue weighted by atomic mass is 10.2. The molecule has 4 heteroatoms. The number of aromatic nitrogens is 2. The second-order valence-electron chi connectivity index (χ2n) is 4.05. The molecule has 0 aromatic carbocycles. The lowest BCUT2D eigenvalue weighted by molar-refractivity contribution is 0.406. The normalized spacial score (nSPS) is 13.5. The Bertz CT molecular complexity index is 270. The molecule has 0 radical (unpaired) electrons. The first-order valence-electron chi connectivity index (χ1n) is 4.99. The summed E-state index contributed by atoms with van der Waals surface area (Å²) in [4.78, 5) is 0. The zero-order valence-electron chi connectivity index (χ0n) is 9.00. The van der Waals surface area contributed by atoms with Crippen molar-refractivity contribution in [1.82, 2.24) is 15.1 Å². The van der Waals surface area contributed by atoms with Gasteiger partial charge in [-0.3, -0.25) is 4.68 Å². The minimum absolute atomic E-state index is 0.540. The van der Waals surface area contributed by atoms with Crippen LogP contribution in [0.3, 0.4) is 0 Å². The molecule has 3 nitrogen and oxygen atoms in total. The first-order chi connectivity index (χ1) is 6.58. The van der Waals surface area contributed by atoms with E-state index in [0.29, 0.717) is 17.0 Å². The first-order valence-corrected chi connectivity index (χ1v) is 5.37. The molecule has 1 atom stereocenters. The van der Waals surface area contributed by atoms with Crippen LogP contribution in [0.2, 0.25) is 5.02 Å². The second-order valence-corrected chi connectivity index (χ2v) is 4.49. The third kappa shape index (κ3) is 4.11. The number of nitrogens with zero attached hydrogens (tertiary/aromatic N) is 2. The predicted octanol–water partition coefficient (Wildman–Crippen LogP) is 2.17. The van der Waals surface area contributed by atoms with Gasteiger partial charge in [0.25, 0.3) is 0 Å². The van der Waals surface area contributed by atoms with Crippen molar-refractivity contribution in [1.29, 1.82) is 0 Å². The average molecular weight is 216 g/mol. The van der Waals surface area contributed by atoms with Crippen LogP contribution in [0.25, 0.3) is 0 Å². The molecule has 0 bridgehead atoms. The van der Waals surface area contributed by atoms with Crippen LogP contribution in [0.15, 0.2) is 12.4 Å². The second kappa shape index (κ2) is 5.37. The van der Waals surface area contributed by atoms with Gasteiger partial charge < -0.3 is 5.32 Å². The SMILES string of the molecule is CC(CNC(C)C)Cn1cc(Cl)cn1. The van der Waals surface area contributed by atoms with Crippen LogP contribution in [0, 0.1) is 5.92 Å². The van der Waals surface area contributed by atoms with Crippen LogP contribution in [-0.2, 0) is 6.54 Å². The van der Waals surface area contributed by atoms with E-state index < -0.39 is 0 Å². The molecule has 1 unspecified atom stereocenters. The fourth-order valence-electron chi connectivity index (χ4n) is 1.26. The summed E-state index contributed by atoms with van der Waals surface area (Å²) >= 11 is 5.77. The molecular weight excluding hydrogens is 198 g/mol. The summed E-state index contributed by atoms with van der Waals surface area (Å²) in [5.41, 5.74) is 0. The number of hydrogen-bond donors (Lipinski definition) is 1. The van der Waals surface area contributed by atoms with Crippen LogP contribution in [-0.4, -0.2) is 22.4 Å². The van der Waals surface area contributed by atoms with E-state index in [0.717, 1.165) is 13.1 Å². The molecule has 0 aliphatic carbocycles. The molecule has 1 aromatic heterocycles. The first kappa shape index (κ1) is 11.5. The van der Waals surface area contributed by atoms with Crippen molar-refractivity contribution in [2.24, 2.45) is 5.92 Å². The van der Waals surface area contributed by atoms with Gasteiger partial charge in [-0.1, -0.05) is 32.4 Å². The minimum atomic E-state index is 0.540. The Labute approximate surface area is 90.4 Å². The molecule has 0 aliphatic rings. The van der Waals surface area contributed by atoms with Crippen molar-refractivity contribution in [3.8, 4) is 0 Å². The van der Waals surface area contributed by atoms with E-state index in [9.17, 15) is 0 Å². The highest BCUT2D eigenvalue weighted by molar-refractivity contribution is 6.30. The summed E-state index contributed by atoms with van der Waals surface area (Å²) in [6.07, 6.45) is 3.53. The molecule has 0 aliphatic heterocycles. The third-order valence-electron chi connectivity index (χ3n) is 1.98. The molecule has 1 N–H and O–H groups in total. The van der Waals surface area contributed by atoms with Crippen LogP contribution < -0.4 is 5.32 Å².